The van der Waals surface area contributed by atoms with Crippen LogP contribution in [0, 0.1) is 0 Å². The Morgan fingerprint density at radius 1 is 1.22 bits per heavy atom. The van der Waals surface area contributed by atoms with Crippen LogP contribution < -0.4 is 4.74 Å². The minimum absolute atomic E-state index is 0.0803. The molecular formula is C15H19BrO2. The van der Waals surface area contributed by atoms with Gasteiger partial charge >= 0.3 is 0 Å². The minimum Gasteiger partial charge on any atom is -0.489 e. The van der Waals surface area contributed by atoms with Crippen LogP contribution in [0.25, 0.3) is 0 Å². The molecule has 1 aliphatic carbocycles. The number of hydrogen-bond acceptors (Lipinski definition) is 2. The number of rotatable bonds is 3. The Morgan fingerprint density at radius 2 is 1.89 bits per heavy atom. The van der Waals surface area contributed by atoms with Crippen molar-refractivity contribution in [2.75, 3.05) is 0 Å². The van der Waals surface area contributed by atoms with Gasteiger partial charge in [0.25, 0.3) is 0 Å². The fourth-order valence-corrected chi connectivity index (χ4v) is 2.83. The standard InChI is InChI=1S/C15H19BrO2/c1-11(17)12-8-9-15(14(16)10-12)18-13-6-4-2-3-5-7-13/h8-10,13H,2-7H2,1H3. The third-order valence-corrected chi connectivity index (χ3v) is 4.05. The molecule has 2 nitrogen and oxygen atoms in total. The maximum absolute atomic E-state index is 11.3. The van der Waals surface area contributed by atoms with Crippen molar-refractivity contribution in [3.8, 4) is 5.75 Å². The highest BCUT2D eigenvalue weighted by atomic mass is 79.9. The number of halogens is 1. The van der Waals surface area contributed by atoms with Gasteiger partial charge in [0.05, 0.1) is 10.6 Å². The van der Waals surface area contributed by atoms with Crippen LogP contribution in [0.5, 0.6) is 5.75 Å². The van der Waals surface area contributed by atoms with Gasteiger partial charge in [0.15, 0.2) is 5.78 Å². The van der Waals surface area contributed by atoms with Gasteiger partial charge < -0.3 is 4.74 Å². The molecule has 1 saturated carbocycles. The van der Waals surface area contributed by atoms with E-state index < -0.39 is 0 Å². The number of benzene rings is 1. The topological polar surface area (TPSA) is 26.3 Å². The molecule has 18 heavy (non-hydrogen) atoms. The van der Waals surface area contributed by atoms with Gasteiger partial charge in [-0.25, -0.2) is 0 Å². The van der Waals surface area contributed by atoms with Gasteiger partial charge in [-0.1, -0.05) is 12.8 Å². The SMILES string of the molecule is CC(=O)c1ccc(OC2CCCCCC2)c(Br)c1. The fraction of sp³-hybridized carbons (Fsp3) is 0.533. The first-order valence-electron chi connectivity index (χ1n) is 6.64. The second-order valence-corrected chi connectivity index (χ2v) is 5.79. The number of Topliss-reactive ketones (excluding diaryl/α,β-unsaturated/α-hetero) is 1. The Balaban J connectivity index is 2.06. The molecule has 0 saturated heterocycles. The van der Waals surface area contributed by atoms with Crippen molar-refractivity contribution in [3.63, 3.8) is 0 Å². The van der Waals surface area contributed by atoms with Gasteiger partial charge in [-0.05, 0) is 66.7 Å². The third kappa shape index (κ3) is 3.58. The van der Waals surface area contributed by atoms with E-state index in [1.54, 1.807) is 6.92 Å². The predicted octanol–water partition coefficient (Wildman–Crippen LogP) is 4.75. The molecule has 0 aliphatic heterocycles. The van der Waals surface area contributed by atoms with Crippen LogP contribution in [0.2, 0.25) is 0 Å². The van der Waals surface area contributed by atoms with E-state index in [2.05, 4.69) is 15.9 Å². The molecule has 98 valence electrons. The Hall–Kier alpha value is -0.830. The summed E-state index contributed by atoms with van der Waals surface area (Å²) in [5, 5.41) is 0. The highest BCUT2D eigenvalue weighted by molar-refractivity contribution is 9.10. The summed E-state index contributed by atoms with van der Waals surface area (Å²) in [6.45, 7) is 1.58. The molecule has 0 radical (unpaired) electrons. The zero-order valence-electron chi connectivity index (χ0n) is 10.7. The van der Waals surface area contributed by atoms with Crippen molar-refractivity contribution in [2.24, 2.45) is 0 Å². The van der Waals surface area contributed by atoms with Crippen LogP contribution in [-0.2, 0) is 0 Å². The molecule has 1 aliphatic rings. The summed E-state index contributed by atoms with van der Waals surface area (Å²) in [6.07, 6.45) is 7.77. The van der Waals surface area contributed by atoms with E-state index in [9.17, 15) is 4.79 Å². The number of ether oxygens (including phenoxy) is 1. The highest BCUT2D eigenvalue weighted by Crippen LogP contribution is 2.30. The van der Waals surface area contributed by atoms with E-state index in [0.717, 1.165) is 28.6 Å². The predicted molar refractivity (Wildman–Crippen MR) is 76.3 cm³/mol. The number of ketones is 1. The van der Waals surface area contributed by atoms with Crippen LogP contribution in [-0.4, -0.2) is 11.9 Å². The Kier molecular flexibility index (Phi) is 4.81. The Morgan fingerprint density at radius 3 is 2.44 bits per heavy atom. The molecule has 0 unspecified atom stereocenters. The summed E-state index contributed by atoms with van der Waals surface area (Å²) in [6, 6.07) is 5.57. The summed E-state index contributed by atoms with van der Waals surface area (Å²) in [5.41, 5.74) is 0.718. The third-order valence-electron chi connectivity index (χ3n) is 3.43. The fourth-order valence-electron chi connectivity index (χ4n) is 2.35. The first-order chi connectivity index (χ1) is 8.66. The second kappa shape index (κ2) is 6.37. The average molecular weight is 311 g/mol. The molecule has 3 heteroatoms. The van der Waals surface area contributed by atoms with Crippen molar-refractivity contribution >= 4 is 21.7 Å². The normalized spacial score (nSPS) is 17.2. The summed E-state index contributed by atoms with van der Waals surface area (Å²) >= 11 is 3.48. The van der Waals surface area contributed by atoms with Crippen molar-refractivity contribution in [2.45, 2.75) is 51.6 Å². The summed E-state index contributed by atoms with van der Waals surface area (Å²) in [4.78, 5) is 11.3. The molecule has 0 heterocycles. The van der Waals surface area contributed by atoms with E-state index in [1.807, 2.05) is 18.2 Å². The van der Waals surface area contributed by atoms with Crippen LogP contribution in [0.15, 0.2) is 22.7 Å². The molecule has 0 N–H and O–H groups in total. The first-order valence-corrected chi connectivity index (χ1v) is 7.43. The van der Waals surface area contributed by atoms with Crippen molar-refractivity contribution < 1.29 is 9.53 Å². The Labute approximate surface area is 117 Å². The van der Waals surface area contributed by atoms with Crippen LogP contribution >= 0.6 is 15.9 Å². The minimum atomic E-state index is 0.0803. The van der Waals surface area contributed by atoms with E-state index in [1.165, 1.54) is 25.7 Å². The zero-order valence-corrected chi connectivity index (χ0v) is 12.3. The maximum atomic E-state index is 11.3. The van der Waals surface area contributed by atoms with E-state index in [-0.39, 0.29) is 5.78 Å². The lowest BCUT2D eigenvalue weighted by Gasteiger charge is -2.18. The van der Waals surface area contributed by atoms with E-state index in [4.69, 9.17) is 4.74 Å². The van der Waals surface area contributed by atoms with E-state index in [0.29, 0.717) is 6.10 Å². The summed E-state index contributed by atoms with van der Waals surface area (Å²) < 4.78 is 6.92. The summed E-state index contributed by atoms with van der Waals surface area (Å²) in [7, 11) is 0. The number of carbonyl (C=O) groups is 1. The van der Waals surface area contributed by atoms with Gasteiger partial charge in [0.2, 0.25) is 0 Å². The molecule has 0 aromatic heterocycles. The van der Waals surface area contributed by atoms with Gasteiger partial charge in [-0.15, -0.1) is 0 Å². The average Bonchev–Trinajstić information content (AvgIpc) is 2.60. The molecule has 1 aromatic rings. The first kappa shape index (κ1) is 13.6. The zero-order chi connectivity index (χ0) is 13.0. The molecule has 0 atom stereocenters. The number of carbonyl (C=O) groups excluding carboxylic acids is 1. The van der Waals surface area contributed by atoms with Gasteiger partial charge in [-0.2, -0.15) is 0 Å². The Bertz CT molecular complexity index is 421. The molecule has 1 fully saturated rings. The smallest absolute Gasteiger partial charge is 0.159 e. The molecule has 2 rings (SSSR count). The molecule has 1 aromatic carbocycles. The monoisotopic (exact) mass is 310 g/mol. The second-order valence-electron chi connectivity index (χ2n) is 4.93. The van der Waals surface area contributed by atoms with Gasteiger partial charge in [0.1, 0.15) is 5.75 Å². The van der Waals surface area contributed by atoms with Gasteiger partial charge in [0, 0.05) is 5.56 Å². The quantitative estimate of drug-likeness (QED) is 0.594. The summed E-state index contributed by atoms with van der Waals surface area (Å²) in [5.74, 6) is 0.934. The molecular weight excluding hydrogens is 292 g/mol. The van der Waals surface area contributed by atoms with Crippen molar-refractivity contribution in [3.05, 3.63) is 28.2 Å². The maximum Gasteiger partial charge on any atom is 0.159 e. The number of hydrogen-bond donors (Lipinski definition) is 0. The lowest BCUT2D eigenvalue weighted by Crippen LogP contribution is -2.15. The van der Waals surface area contributed by atoms with Crippen molar-refractivity contribution in [1.29, 1.82) is 0 Å². The molecule has 0 bridgehead atoms. The lowest BCUT2D eigenvalue weighted by molar-refractivity contribution is 0.101. The largest absolute Gasteiger partial charge is 0.489 e. The van der Waals surface area contributed by atoms with Gasteiger partial charge in [-0.3, -0.25) is 4.79 Å². The van der Waals surface area contributed by atoms with E-state index >= 15 is 0 Å². The van der Waals surface area contributed by atoms with Crippen LogP contribution in [0.4, 0.5) is 0 Å². The van der Waals surface area contributed by atoms with Crippen LogP contribution in [0.1, 0.15) is 55.8 Å². The highest BCUT2D eigenvalue weighted by Gasteiger charge is 2.15. The van der Waals surface area contributed by atoms with Crippen molar-refractivity contribution in [1.82, 2.24) is 0 Å². The molecule has 0 spiro atoms. The van der Waals surface area contributed by atoms with Crippen LogP contribution in [0.3, 0.4) is 0 Å². The molecule has 0 amide bonds. The lowest BCUT2D eigenvalue weighted by atomic mass is 10.1.